The summed E-state index contributed by atoms with van der Waals surface area (Å²) in [5.74, 6) is -1.08. The average molecular weight is 211 g/mol. The summed E-state index contributed by atoms with van der Waals surface area (Å²) in [5, 5.41) is 8.98. The molecule has 0 aromatic carbocycles. The van der Waals surface area contributed by atoms with E-state index in [1.165, 1.54) is 11.0 Å². The molecule has 0 spiro atoms. The van der Waals surface area contributed by atoms with Crippen LogP contribution in [0, 0.1) is 0 Å². The van der Waals surface area contributed by atoms with Crippen molar-refractivity contribution in [2.75, 3.05) is 6.54 Å². The van der Waals surface area contributed by atoms with Crippen molar-refractivity contribution >= 4 is 11.9 Å². The van der Waals surface area contributed by atoms with Crippen molar-refractivity contribution < 1.29 is 14.7 Å². The maximum Gasteiger partial charge on any atom is 0.326 e. The van der Waals surface area contributed by atoms with E-state index < -0.39 is 12.0 Å². The quantitative estimate of drug-likeness (QED) is 0.703. The highest BCUT2D eigenvalue weighted by Crippen LogP contribution is 2.17. The number of aliphatic carboxylic acids is 1. The van der Waals surface area contributed by atoms with E-state index in [4.69, 9.17) is 5.11 Å². The minimum absolute atomic E-state index is 0.179. The molecule has 1 rings (SSSR count). The molecule has 0 bridgehead atoms. The van der Waals surface area contributed by atoms with E-state index in [0.29, 0.717) is 13.0 Å². The first-order valence-electron chi connectivity index (χ1n) is 5.20. The van der Waals surface area contributed by atoms with Crippen LogP contribution < -0.4 is 0 Å². The van der Waals surface area contributed by atoms with E-state index in [0.717, 1.165) is 18.4 Å². The Kier molecular flexibility index (Phi) is 3.88. The minimum Gasteiger partial charge on any atom is -0.480 e. The van der Waals surface area contributed by atoms with Crippen LogP contribution in [0.5, 0.6) is 0 Å². The van der Waals surface area contributed by atoms with Crippen molar-refractivity contribution in [2.24, 2.45) is 0 Å². The number of likely N-dealkylation sites (tertiary alicyclic amines) is 1. The van der Waals surface area contributed by atoms with E-state index >= 15 is 0 Å². The molecule has 0 radical (unpaired) electrons. The zero-order valence-electron chi connectivity index (χ0n) is 9.19. The molecule has 0 aliphatic carbocycles. The number of hydrogen-bond acceptors (Lipinski definition) is 2. The summed E-state index contributed by atoms with van der Waals surface area (Å²) in [6, 6.07) is -0.637. The smallest absolute Gasteiger partial charge is 0.326 e. The Morgan fingerprint density at radius 2 is 2.00 bits per heavy atom. The molecule has 1 aliphatic rings. The van der Waals surface area contributed by atoms with Gasteiger partial charge in [0, 0.05) is 12.6 Å². The van der Waals surface area contributed by atoms with Crippen molar-refractivity contribution in [3.63, 3.8) is 0 Å². The normalized spacial score (nSPS) is 20.9. The fourth-order valence-corrected chi connectivity index (χ4v) is 1.78. The van der Waals surface area contributed by atoms with E-state index in [-0.39, 0.29) is 5.91 Å². The van der Waals surface area contributed by atoms with Crippen LogP contribution in [0.1, 0.15) is 33.1 Å². The number of amides is 1. The lowest BCUT2D eigenvalue weighted by molar-refractivity contribution is -0.150. The third-order valence-electron chi connectivity index (χ3n) is 2.48. The van der Waals surface area contributed by atoms with Crippen LogP contribution in [-0.4, -0.2) is 34.5 Å². The molecule has 4 heteroatoms. The van der Waals surface area contributed by atoms with Crippen LogP contribution >= 0.6 is 0 Å². The van der Waals surface area contributed by atoms with Crippen molar-refractivity contribution in [1.82, 2.24) is 4.90 Å². The fourth-order valence-electron chi connectivity index (χ4n) is 1.78. The maximum atomic E-state index is 11.7. The zero-order chi connectivity index (χ0) is 11.4. The van der Waals surface area contributed by atoms with E-state index in [1.54, 1.807) is 0 Å². The molecular weight excluding hydrogens is 194 g/mol. The monoisotopic (exact) mass is 211 g/mol. The summed E-state index contributed by atoms with van der Waals surface area (Å²) in [7, 11) is 0. The van der Waals surface area contributed by atoms with E-state index in [1.807, 2.05) is 13.8 Å². The minimum atomic E-state index is -0.898. The van der Waals surface area contributed by atoms with Gasteiger partial charge >= 0.3 is 5.97 Å². The second kappa shape index (κ2) is 4.96. The molecule has 15 heavy (non-hydrogen) atoms. The molecule has 0 aromatic rings. The molecular formula is C11H17NO3. The summed E-state index contributed by atoms with van der Waals surface area (Å²) >= 11 is 0. The van der Waals surface area contributed by atoms with Crippen LogP contribution in [0.15, 0.2) is 11.6 Å². The summed E-state index contributed by atoms with van der Waals surface area (Å²) in [6.07, 6.45) is 3.85. The molecule has 1 fully saturated rings. The van der Waals surface area contributed by atoms with Gasteiger partial charge in [-0.3, -0.25) is 4.79 Å². The summed E-state index contributed by atoms with van der Waals surface area (Å²) in [6.45, 7) is 4.22. The van der Waals surface area contributed by atoms with Gasteiger partial charge in [0.25, 0.3) is 0 Å². The Balaban J connectivity index is 2.76. The molecule has 0 saturated carbocycles. The van der Waals surface area contributed by atoms with Crippen LogP contribution in [0.3, 0.4) is 0 Å². The molecule has 1 saturated heterocycles. The maximum absolute atomic E-state index is 11.7. The lowest BCUT2D eigenvalue weighted by Crippen LogP contribution is -2.47. The number of allylic oxidation sites excluding steroid dienone is 1. The Labute approximate surface area is 89.6 Å². The molecule has 1 amide bonds. The van der Waals surface area contributed by atoms with Gasteiger partial charge in [-0.25, -0.2) is 4.79 Å². The predicted molar refractivity (Wildman–Crippen MR) is 56.4 cm³/mol. The van der Waals surface area contributed by atoms with Gasteiger partial charge in [-0.1, -0.05) is 5.57 Å². The van der Waals surface area contributed by atoms with E-state index in [2.05, 4.69) is 0 Å². The standard InChI is InChI=1S/C11H17NO3/c1-8(2)7-10(13)12-6-4-3-5-9(12)11(14)15/h7,9H,3-6H2,1-2H3,(H,14,15)/t9-/m1/s1. The summed E-state index contributed by atoms with van der Waals surface area (Å²) in [5.41, 5.74) is 0.898. The highest BCUT2D eigenvalue weighted by molar-refractivity contribution is 5.91. The van der Waals surface area contributed by atoms with Gasteiger partial charge < -0.3 is 10.0 Å². The molecule has 1 atom stereocenters. The highest BCUT2D eigenvalue weighted by atomic mass is 16.4. The predicted octanol–water partition coefficient (Wildman–Crippen LogP) is 1.42. The third-order valence-corrected chi connectivity index (χ3v) is 2.48. The third kappa shape index (κ3) is 3.08. The topological polar surface area (TPSA) is 57.6 Å². The fraction of sp³-hybridized carbons (Fsp3) is 0.636. The Bertz CT molecular complexity index is 292. The lowest BCUT2D eigenvalue weighted by Gasteiger charge is -2.32. The van der Waals surface area contributed by atoms with Gasteiger partial charge in [-0.15, -0.1) is 0 Å². The van der Waals surface area contributed by atoms with Gasteiger partial charge in [0.15, 0.2) is 0 Å². The Hall–Kier alpha value is -1.32. The zero-order valence-corrected chi connectivity index (χ0v) is 9.19. The van der Waals surface area contributed by atoms with E-state index in [9.17, 15) is 9.59 Å². The summed E-state index contributed by atoms with van der Waals surface area (Å²) in [4.78, 5) is 24.1. The number of piperidine rings is 1. The second-order valence-corrected chi connectivity index (χ2v) is 4.10. The van der Waals surface area contributed by atoms with Gasteiger partial charge in [-0.05, 0) is 33.1 Å². The second-order valence-electron chi connectivity index (χ2n) is 4.10. The van der Waals surface area contributed by atoms with Crippen LogP contribution in [0.2, 0.25) is 0 Å². The number of carbonyl (C=O) groups excluding carboxylic acids is 1. The largest absolute Gasteiger partial charge is 0.480 e. The van der Waals surface area contributed by atoms with Crippen LogP contribution in [0.25, 0.3) is 0 Å². The SMILES string of the molecule is CC(C)=CC(=O)N1CCCC[C@@H]1C(=O)O. The molecule has 1 aliphatic heterocycles. The lowest BCUT2D eigenvalue weighted by atomic mass is 10.0. The molecule has 84 valence electrons. The van der Waals surface area contributed by atoms with Crippen molar-refractivity contribution in [2.45, 2.75) is 39.2 Å². The first-order valence-corrected chi connectivity index (χ1v) is 5.20. The number of carbonyl (C=O) groups is 2. The number of carboxylic acids is 1. The number of nitrogens with zero attached hydrogens (tertiary/aromatic N) is 1. The van der Waals surface area contributed by atoms with Gasteiger partial charge in [-0.2, -0.15) is 0 Å². The van der Waals surface area contributed by atoms with Gasteiger partial charge in [0.1, 0.15) is 6.04 Å². The number of carboxylic acid groups (broad SMARTS) is 1. The molecule has 0 aromatic heterocycles. The molecule has 0 unspecified atom stereocenters. The van der Waals surface area contributed by atoms with Crippen molar-refractivity contribution in [1.29, 1.82) is 0 Å². The molecule has 1 N–H and O–H groups in total. The van der Waals surface area contributed by atoms with Gasteiger partial charge in [0.2, 0.25) is 5.91 Å². The van der Waals surface area contributed by atoms with Crippen LogP contribution in [0.4, 0.5) is 0 Å². The first-order chi connectivity index (χ1) is 7.02. The van der Waals surface area contributed by atoms with Crippen LogP contribution in [-0.2, 0) is 9.59 Å². The van der Waals surface area contributed by atoms with Crippen molar-refractivity contribution in [3.05, 3.63) is 11.6 Å². The molecule has 4 nitrogen and oxygen atoms in total. The Morgan fingerprint density at radius 1 is 1.33 bits per heavy atom. The summed E-state index contributed by atoms with van der Waals surface area (Å²) < 4.78 is 0. The first kappa shape index (κ1) is 11.8. The van der Waals surface area contributed by atoms with Gasteiger partial charge in [0.05, 0.1) is 0 Å². The highest BCUT2D eigenvalue weighted by Gasteiger charge is 2.30. The number of hydrogen-bond donors (Lipinski definition) is 1. The average Bonchev–Trinajstić information content (AvgIpc) is 2.16. The Morgan fingerprint density at radius 3 is 2.53 bits per heavy atom. The number of rotatable bonds is 2. The molecule has 1 heterocycles. The van der Waals surface area contributed by atoms with Crippen molar-refractivity contribution in [3.8, 4) is 0 Å².